The van der Waals surface area contributed by atoms with Crippen molar-refractivity contribution in [2.45, 2.75) is 19.0 Å². The average Bonchev–Trinajstić information content (AvgIpc) is 3.21. The second-order valence-electron chi connectivity index (χ2n) is 7.54. The molecular weight excluding hydrogens is 443 g/mol. The first-order valence-electron chi connectivity index (χ1n) is 10.2. The van der Waals surface area contributed by atoms with E-state index in [2.05, 4.69) is 15.3 Å². The predicted molar refractivity (Wildman–Crippen MR) is 112 cm³/mol. The summed E-state index contributed by atoms with van der Waals surface area (Å²) in [5.74, 6) is -0.824. The summed E-state index contributed by atoms with van der Waals surface area (Å²) in [7, 11) is 0. The van der Waals surface area contributed by atoms with Gasteiger partial charge in [-0.3, -0.25) is 4.79 Å². The molecule has 1 aromatic heterocycles. The van der Waals surface area contributed by atoms with Gasteiger partial charge in [0.1, 0.15) is 24.6 Å². The zero-order valence-corrected chi connectivity index (χ0v) is 17.3. The first-order chi connectivity index (χ1) is 15.8. The number of anilines is 2. The Kier molecular flexibility index (Phi) is 6.26. The highest BCUT2D eigenvalue weighted by Crippen LogP contribution is 2.36. The quantitative estimate of drug-likeness (QED) is 0.544. The first kappa shape index (κ1) is 22.6. The second-order valence-corrected chi connectivity index (χ2v) is 7.54. The fourth-order valence-corrected chi connectivity index (χ4v) is 3.90. The van der Waals surface area contributed by atoms with E-state index in [1.807, 2.05) is 11.0 Å². The molecular formula is C23H19F5N4O. The molecule has 2 heterocycles. The van der Waals surface area contributed by atoms with Gasteiger partial charge in [-0.15, -0.1) is 0 Å². The van der Waals surface area contributed by atoms with Gasteiger partial charge in [0.25, 0.3) is 5.91 Å². The van der Waals surface area contributed by atoms with Crippen molar-refractivity contribution >= 4 is 17.4 Å². The van der Waals surface area contributed by atoms with Gasteiger partial charge in [-0.1, -0.05) is 6.07 Å². The zero-order valence-electron chi connectivity index (χ0n) is 17.3. The number of aromatic nitrogens is 2. The molecule has 1 amide bonds. The lowest BCUT2D eigenvalue weighted by Gasteiger charge is -2.19. The summed E-state index contributed by atoms with van der Waals surface area (Å²) in [5.41, 5.74) is 1.52. The number of halogens is 5. The van der Waals surface area contributed by atoms with E-state index in [0.29, 0.717) is 36.1 Å². The van der Waals surface area contributed by atoms with Crippen LogP contribution in [0, 0.1) is 5.82 Å². The summed E-state index contributed by atoms with van der Waals surface area (Å²) in [6.07, 6.45) is -2.80. The van der Waals surface area contributed by atoms with Crippen LogP contribution in [0.1, 0.15) is 32.7 Å². The maximum absolute atomic E-state index is 13.7. The van der Waals surface area contributed by atoms with Gasteiger partial charge < -0.3 is 10.2 Å². The van der Waals surface area contributed by atoms with E-state index in [9.17, 15) is 26.7 Å². The van der Waals surface area contributed by atoms with E-state index in [-0.39, 0.29) is 24.4 Å². The molecule has 3 aromatic rings. The minimum absolute atomic E-state index is 0.0112. The van der Waals surface area contributed by atoms with Gasteiger partial charge in [0.2, 0.25) is 0 Å². The molecule has 33 heavy (non-hydrogen) atoms. The van der Waals surface area contributed by atoms with Crippen molar-refractivity contribution in [1.29, 1.82) is 0 Å². The van der Waals surface area contributed by atoms with Crippen LogP contribution in [0.4, 0.5) is 33.5 Å². The third kappa shape index (κ3) is 4.94. The maximum Gasteiger partial charge on any atom is 0.416 e. The van der Waals surface area contributed by atoms with Crippen molar-refractivity contribution in [3.63, 3.8) is 0 Å². The van der Waals surface area contributed by atoms with Crippen LogP contribution in [-0.2, 0) is 19.0 Å². The first-order valence-corrected chi connectivity index (χ1v) is 10.2. The highest BCUT2D eigenvalue weighted by molar-refractivity contribution is 5.98. The molecule has 10 heteroatoms. The number of nitrogens with one attached hydrogen (secondary N) is 1. The number of hydrogen-bond acceptors (Lipinski definition) is 4. The van der Waals surface area contributed by atoms with E-state index < -0.39 is 24.2 Å². The highest BCUT2D eigenvalue weighted by Gasteiger charge is 2.31. The summed E-state index contributed by atoms with van der Waals surface area (Å²) >= 11 is 0. The number of carbonyl (C=O) groups excluding carboxylic acids is 1. The number of alkyl halides is 4. The van der Waals surface area contributed by atoms with Crippen LogP contribution >= 0.6 is 0 Å². The van der Waals surface area contributed by atoms with Crippen LogP contribution in [0.25, 0.3) is 0 Å². The number of nitrogens with zero attached hydrogens (tertiary/aromatic N) is 3. The molecule has 1 N–H and O–H groups in total. The number of benzene rings is 2. The Morgan fingerprint density at radius 3 is 2.70 bits per heavy atom. The third-order valence-corrected chi connectivity index (χ3v) is 5.31. The SMILES string of the molecule is O=C(NCCF)c1cccc2c1CCN2c1cc(Cc2cc(F)cc(C(F)(F)F)c2)ncn1. The largest absolute Gasteiger partial charge is 0.416 e. The van der Waals surface area contributed by atoms with E-state index in [1.165, 1.54) is 6.33 Å². The van der Waals surface area contributed by atoms with Crippen molar-refractivity contribution in [3.05, 3.63) is 82.6 Å². The molecule has 0 bridgehead atoms. The summed E-state index contributed by atoms with van der Waals surface area (Å²) in [5, 5.41) is 2.52. The van der Waals surface area contributed by atoms with Crippen LogP contribution in [-0.4, -0.2) is 35.6 Å². The van der Waals surface area contributed by atoms with Crippen molar-refractivity contribution in [2.24, 2.45) is 0 Å². The monoisotopic (exact) mass is 462 g/mol. The van der Waals surface area contributed by atoms with Crippen LogP contribution in [0.2, 0.25) is 0 Å². The van der Waals surface area contributed by atoms with E-state index in [4.69, 9.17) is 0 Å². The van der Waals surface area contributed by atoms with Gasteiger partial charge in [0.15, 0.2) is 0 Å². The van der Waals surface area contributed by atoms with Crippen molar-refractivity contribution < 1.29 is 26.7 Å². The summed E-state index contributed by atoms with van der Waals surface area (Å²) in [6.45, 7) is -0.207. The Hall–Kier alpha value is -3.56. The van der Waals surface area contributed by atoms with E-state index in [0.717, 1.165) is 23.4 Å². The fraction of sp³-hybridized carbons (Fsp3) is 0.261. The minimum atomic E-state index is -4.65. The van der Waals surface area contributed by atoms with Crippen LogP contribution in [0.5, 0.6) is 0 Å². The molecule has 4 rings (SSSR count). The van der Waals surface area contributed by atoms with Crippen LogP contribution < -0.4 is 10.2 Å². The second kappa shape index (κ2) is 9.13. The number of amides is 1. The normalized spacial score (nSPS) is 13.2. The smallest absolute Gasteiger partial charge is 0.349 e. The predicted octanol–water partition coefficient (Wildman–Crippen LogP) is 4.62. The topological polar surface area (TPSA) is 58.1 Å². The number of carbonyl (C=O) groups is 1. The molecule has 1 aliphatic rings. The van der Waals surface area contributed by atoms with Crippen molar-refractivity contribution in [3.8, 4) is 0 Å². The van der Waals surface area contributed by atoms with Gasteiger partial charge in [0.05, 0.1) is 11.3 Å². The lowest BCUT2D eigenvalue weighted by atomic mass is 10.0. The van der Waals surface area contributed by atoms with Gasteiger partial charge in [-0.25, -0.2) is 18.7 Å². The van der Waals surface area contributed by atoms with Gasteiger partial charge in [0, 0.05) is 36.8 Å². The molecule has 0 saturated heterocycles. The molecule has 1 aliphatic heterocycles. The Morgan fingerprint density at radius 2 is 1.94 bits per heavy atom. The fourth-order valence-electron chi connectivity index (χ4n) is 3.90. The lowest BCUT2D eigenvalue weighted by Crippen LogP contribution is -2.26. The summed E-state index contributed by atoms with van der Waals surface area (Å²) in [6, 6.07) is 9.25. The van der Waals surface area contributed by atoms with Crippen molar-refractivity contribution in [2.75, 3.05) is 24.7 Å². The minimum Gasteiger partial charge on any atom is -0.349 e. The molecule has 0 radical (unpaired) electrons. The molecule has 0 fully saturated rings. The Balaban J connectivity index is 1.60. The Labute approximate surface area is 186 Å². The Morgan fingerprint density at radius 1 is 1.12 bits per heavy atom. The zero-order chi connectivity index (χ0) is 23.6. The summed E-state index contributed by atoms with van der Waals surface area (Å²) in [4.78, 5) is 22.6. The molecule has 172 valence electrons. The molecule has 0 aliphatic carbocycles. The Bertz CT molecular complexity index is 1180. The van der Waals surface area contributed by atoms with Gasteiger partial charge in [-0.05, 0) is 47.9 Å². The molecule has 0 atom stereocenters. The van der Waals surface area contributed by atoms with Crippen LogP contribution in [0.15, 0.2) is 48.8 Å². The lowest BCUT2D eigenvalue weighted by molar-refractivity contribution is -0.137. The summed E-state index contributed by atoms with van der Waals surface area (Å²) < 4.78 is 65.2. The van der Waals surface area contributed by atoms with E-state index >= 15 is 0 Å². The molecule has 0 spiro atoms. The molecule has 0 saturated carbocycles. The highest BCUT2D eigenvalue weighted by atomic mass is 19.4. The van der Waals surface area contributed by atoms with E-state index in [1.54, 1.807) is 18.2 Å². The van der Waals surface area contributed by atoms with Crippen LogP contribution in [0.3, 0.4) is 0 Å². The molecule has 5 nitrogen and oxygen atoms in total. The maximum atomic E-state index is 13.7. The number of rotatable bonds is 6. The third-order valence-electron chi connectivity index (χ3n) is 5.31. The van der Waals surface area contributed by atoms with Gasteiger partial charge in [-0.2, -0.15) is 13.2 Å². The molecule has 2 aromatic carbocycles. The average molecular weight is 462 g/mol. The molecule has 0 unspecified atom stereocenters. The standard InChI is InChI=1S/C23H19F5N4O/c24-5-6-29-22(33)19-2-1-3-20-18(19)4-7-32(20)21-12-17(30-13-31-21)10-14-8-15(23(26,27)28)11-16(25)9-14/h1-3,8-9,11-13H,4-7,10H2,(H,29,33). The number of fused-ring (bicyclic) bond motifs is 1. The number of hydrogen-bond donors (Lipinski definition) is 1. The van der Waals surface area contributed by atoms with Gasteiger partial charge >= 0.3 is 6.18 Å². The van der Waals surface area contributed by atoms with Crippen molar-refractivity contribution in [1.82, 2.24) is 15.3 Å².